The lowest BCUT2D eigenvalue weighted by Gasteiger charge is -2.26. The number of aryl methyl sites for hydroxylation is 3. The summed E-state index contributed by atoms with van der Waals surface area (Å²) in [6.07, 6.45) is 1.08. The number of ether oxygens (including phenoxy) is 1. The molecule has 0 unspecified atom stereocenters. The molecule has 0 aliphatic heterocycles. The first kappa shape index (κ1) is 23.4. The second-order valence-electron chi connectivity index (χ2n) is 7.26. The van der Waals surface area contributed by atoms with Gasteiger partial charge in [0.05, 0.1) is 24.1 Å². The highest BCUT2D eigenvalue weighted by molar-refractivity contribution is 7.92. The van der Waals surface area contributed by atoms with Gasteiger partial charge in [-0.25, -0.2) is 13.2 Å². The van der Waals surface area contributed by atoms with Gasteiger partial charge in [-0.1, -0.05) is 23.8 Å². The zero-order chi connectivity index (χ0) is 22.6. The molecule has 0 aromatic heterocycles. The third kappa shape index (κ3) is 5.38. The standard InChI is InChI=1S/C22H28N2O5S/c1-7-29-22(26)18-9-8-10-19(17(18)5)23-20(25)13-24(30(6,27)28)21-15(3)11-14(2)12-16(21)4/h8-12H,7,13H2,1-6H3,(H,23,25). The summed E-state index contributed by atoms with van der Waals surface area (Å²) in [5.74, 6) is -0.987. The van der Waals surface area contributed by atoms with E-state index in [0.29, 0.717) is 22.5 Å². The van der Waals surface area contributed by atoms with Gasteiger partial charge in [-0.2, -0.15) is 0 Å². The lowest BCUT2D eigenvalue weighted by molar-refractivity contribution is -0.114. The number of anilines is 2. The van der Waals surface area contributed by atoms with Crippen molar-refractivity contribution in [2.45, 2.75) is 34.6 Å². The Morgan fingerprint density at radius 2 is 1.67 bits per heavy atom. The maximum Gasteiger partial charge on any atom is 0.338 e. The van der Waals surface area contributed by atoms with Crippen LogP contribution in [0.1, 0.15) is 39.5 Å². The summed E-state index contributed by atoms with van der Waals surface area (Å²) in [5.41, 5.74) is 4.37. The third-order valence-corrected chi connectivity index (χ3v) is 5.79. The van der Waals surface area contributed by atoms with Crippen LogP contribution in [0.3, 0.4) is 0 Å². The number of sulfonamides is 1. The molecule has 2 rings (SSSR count). The Bertz CT molecular complexity index is 1050. The fourth-order valence-corrected chi connectivity index (χ4v) is 4.42. The summed E-state index contributed by atoms with van der Waals surface area (Å²) in [4.78, 5) is 24.8. The van der Waals surface area contributed by atoms with Crippen LogP contribution in [0, 0.1) is 27.7 Å². The summed E-state index contributed by atoms with van der Waals surface area (Å²) in [7, 11) is -3.70. The zero-order valence-corrected chi connectivity index (χ0v) is 19.0. The van der Waals surface area contributed by atoms with Crippen LogP contribution in [0.5, 0.6) is 0 Å². The van der Waals surface area contributed by atoms with Crippen molar-refractivity contribution < 1.29 is 22.7 Å². The van der Waals surface area contributed by atoms with Gasteiger partial charge in [-0.05, 0) is 63.4 Å². The van der Waals surface area contributed by atoms with Crippen molar-refractivity contribution in [1.29, 1.82) is 0 Å². The average molecular weight is 433 g/mol. The monoisotopic (exact) mass is 432 g/mol. The minimum Gasteiger partial charge on any atom is -0.462 e. The molecule has 0 aliphatic rings. The zero-order valence-electron chi connectivity index (χ0n) is 18.2. The molecule has 0 heterocycles. The SMILES string of the molecule is CCOC(=O)c1cccc(NC(=O)CN(c2c(C)cc(C)cc2C)S(C)(=O)=O)c1C. The molecule has 8 heteroatoms. The van der Waals surface area contributed by atoms with Gasteiger partial charge in [-0.15, -0.1) is 0 Å². The molecule has 1 amide bonds. The van der Waals surface area contributed by atoms with Crippen molar-refractivity contribution in [3.63, 3.8) is 0 Å². The first-order valence-corrected chi connectivity index (χ1v) is 11.4. The quantitative estimate of drug-likeness (QED) is 0.676. The molecule has 0 radical (unpaired) electrons. The van der Waals surface area contributed by atoms with Gasteiger partial charge >= 0.3 is 5.97 Å². The van der Waals surface area contributed by atoms with E-state index in [9.17, 15) is 18.0 Å². The highest BCUT2D eigenvalue weighted by atomic mass is 32.2. The molecule has 0 spiro atoms. The van der Waals surface area contributed by atoms with E-state index in [2.05, 4.69) is 5.32 Å². The fourth-order valence-electron chi connectivity index (χ4n) is 3.45. The van der Waals surface area contributed by atoms with Crippen molar-refractivity contribution in [3.05, 3.63) is 58.1 Å². The van der Waals surface area contributed by atoms with Gasteiger partial charge in [0, 0.05) is 5.69 Å². The fraction of sp³-hybridized carbons (Fsp3) is 0.364. The molecule has 2 aromatic rings. The van der Waals surface area contributed by atoms with Crippen molar-refractivity contribution in [2.24, 2.45) is 0 Å². The van der Waals surface area contributed by atoms with Crippen LogP contribution in [0.4, 0.5) is 11.4 Å². The number of nitrogens with one attached hydrogen (secondary N) is 1. The van der Waals surface area contributed by atoms with Gasteiger partial charge < -0.3 is 10.1 Å². The van der Waals surface area contributed by atoms with Crippen LogP contribution in [0.2, 0.25) is 0 Å². The first-order chi connectivity index (χ1) is 14.0. The second kappa shape index (κ2) is 9.30. The molecule has 162 valence electrons. The van der Waals surface area contributed by atoms with Crippen LogP contribution >= 0.6 is 0 Å². The van der Waals surface area contributed by atoms with Crippen LogP contribution in [-0.2, 0) is 19.6 Å². The molecule has 30 heavy (non-hydrogen) atoms. The Morgan fingerprint density at radius 1 is 1.07 bits per heavy atom. The maximum atomic E-state index is 12.8. The maximum absolute atomic E-state index is 12.8. The Morgan fingerprint density at radius 3 is 2.20 bits per heavy atom. The Labute approximate surface area is 178 Å². The minimum atomic E-state index is -3.70. The Balaban J connectivity index is 2.34. The van der Waals surface area contributed by atoms with Crippen molar-refractivity contribution >= 4 is 33.3 Å². The van der Waals surface area contributed by atoms with Crippen molar-refractivity contribution in [3.8, 4) is 0 Å². The van der Waals surface area contributed by atoms with E-state index in [1.807, 2.05) is 32.9 Å². The van der Waals surface area contributed by atoms with Crippen LogP contribution in [0.15, 0.2) is 30.3 Å². The number of carbonyl (C=O) groups excluding carboxylic acids is 2. The third-order valence-electron chi connectivity index (χ3n) is 4.68. The van der Waals surface area contributed by atoms with E-state index in [1.54, 1.807) is 32.0 Å². The average Bonchev–Trinajstić information content (AvgIpc) is 2.61. The van der Waals surface area contributed by atoms with Crippen molar-refractivity contribution in [2.75, 3.05) is 29.0 Å². The van der Waals surface area contributed by atoms with Gasteiger partial charge in [-0.3, -0.25) is 9.10 Å². The number of amides is 1. The Hall–Kier alpha value is -2.87. The largest absolute Gasteiger partial charge is 0.462 e. The van der Waals surface area contributed by atoms with E-state index in [0.717, 1.165) is 27.3 Å². The van der Waals surface area contributed by atoms with Gasteiger partial charge in [0.25, 0.3) is 0 Å². The number of carbonyl (C=O) groups is 2. The number of rotatable bonds is 7. The molecule has 0 aliphatic carbocycles. The lowest BCUT2D eigenvalue weighted by Crippen LogP contribution is -2.38. The lowest BCUT2D eigenvalue weighted by atomic mass is 10.1. The molecule has 0 bridgehead atoms. The summed E-state index contributed by atoms with van der Waals surface area (Å²) >= 11 is 0. The number of hydrogen-bond acceptors (Lipinski definition) is 5. The predicted molar refractivity (Wildman–Crippen MR) is 119 cm³/mol. The normalized spacial score (nSPS) is 11.1. The van der Waals surface area contributed by atoms with Gasteiger partial charge in [0.1, 0.15) is 6.54 Å². The summed E-state index contributed by atoms with van der Waals surface area (Å²) in [5, 5.41) is 2.72. The summed E-state index contributed by atoms with van der Waals surface area (Å²) in [6.45, 7) is 8.84. The topological polar surface area (TPSA) is 92.8 Å². The highest BCUT2D eigenvalue weighted by Gasteiger charge is 2.25. The van der Waals surface area contributed by atoms with E-state index in [1.165, 1.54) is 0 Å². The number of nitrogens with zero attached hydrogens (tertiary/aromatic N) is 1. The second-order valence-corrected chi connectivity index (χ2v) is 9.17. The molecule has 0 atom stereocenters. The molecule has 0 saturated carbocycles. The molecule has 7 nitrogen and oxygen atoms in total. The van der Waals surface area contributed by atoms with Crippen LogP contribution in [-0.4, -0.2) is 39.7 Å². The van der Waals surface area contributed by atoms with E-state index in [4.69, 9.17) is 4.74 Å². The number of benzene rings is 2. The molecule has 0 saturated heterocycles. The summed E-state index contributed by atoms with van der Waals surface area (Å²) in [6, 6.07) is 8.67. The smallest absolute Gasteiger partial charge is 0.338 e. The molecular formula is C22H28N2O5S. The minimum absolute atomic E-state index is 0.243. The van der Waals surface area contributed by atoms with Gasteiger partial charge in [0.15, 0.2) is 0 Å². The van der Waals surface area contributed by atoms with Crippen LogP contribution in [0.25, 0.3) is 0 Å². The van der Waals surface area contributed by atoms with Gasteiger partial charge in [0.2, 0.25) is 15.9 Å². The predicted octanol–water partition coefficient (Wildman–Crippen LogP) is 3.50. The summed E-state index contributed by atoms with van der Waals surface area (Å²) < 4.78 is 31.1. The van der Waals surface area contributed by atoms with E-state index < -0.39 is 21.9 Å². The Kier molecular flexibility index (Phi) is 7.25. The molecule has 0 fully saturated rings. The molecular weight excluding hydrogens is 404 g/mol. The first-order valence-electron chi connectivity index (χ1n) is 9.57. The van der Waals surface area contributed by atoms with Crippen LogP contribution < -0.4 is 9.62 Å². The highest BCUT2D eigenvalue weighted by Crippen LogP contribution is 2.28. The number of esters is 1. The van der Waals surface area contributed by atoms with E-state index in [-0.39, 0.29) is 13.2 Å². The van der Waals surface area contributed by atoms with E-state index >= 15 is 0 Å². The molecule has 2 aromatic carbocycles. The molecule has 1 N–H and O–H groups in total. The number of hydrogen-bond donors (Lipinski definition) is 1. The van der Waals surface area contributed by atoms with Crippen molar-refractivity contribution in [1.82, 2.24) is 0 Å².